The minimum Gasteiger partial charge on any atom is -0.454 e. The number of aromatic nitrogens is 2. The average molecular weight is 451 g/mol. The highest BCUT2D eigenvalue weighted by molar-refractivity contribution is 6.01. The number of carbonyl (C=O) groups excluding carboxylic acids is 3. The van der Waals surface area contributed by atoms with Gasteiger partial charge in [-0.15, -0.1) is 0 Å². The van der Waals surface area contributed by atoms with Crippen LogP contribution in [0.4, 0.5) is 10.1 Å². The Labute approximate surface area is 189 Å². The Kier molecular flexibility index (Phi) is 6.30. The standard InChI is InChI=1S/C24H22FN3O5/c1-14(23(31)18-5-8-20-17(13-18)11-12-28(20)15(2)29)32-22(30)10-9-21-26-24(27-33-21)16-3-6-19(25)7-4-16/h3-8,13-14H,9-12H2,1-2H3/t14-/m1/s1. The number of hydrogen-bond donors (Lipinski definition) is 0. The van der Waals surface area contributed by atoms with Gasteiger partial charge in [0.1, 0.15) is 5.82 Å². The van der Waals surface area contributed by atoms with Crippen LogP contribution in [0.1, 0.15) is 42.1 Å². The van der Waals surface area contributed by atoms with Crippen molar-refractivity contribution >= 4 is 23.3 Å². The van der Waals surface area contributed by atoms with Gasteiger partial charge in [-0.05, 0) is 61.4 Å². The van der Waals surface area contributed by atoms with Crippen LogP contribution in [0.3, 0.4) is 0 Å². The number of esters is 1. The van der Waals surface area contributed by atoms with Crippen molar-refractivity contribution < 1.29 is 28.0 Å². The lowest BCUT2D eigenvalue weighted by Gasteiger charge is -2.16. The van der Waals surface area contributed by atoms with E-state index in [1.165, 1.54) is 38.1 Å². The van der Waals surface area contributed by atoms with Gasteiger partial charge in [-0.3, -0.25) is 14.4 Å². The zero-order chi connectivity index (χ0) is 23.5. The van der Waals surface area contributed by atoms with E-state index in [9.17, 15) is 18.8 Å². The highest BCUT2D eigenvalue weighted by Crippen LogP contribution is 2.29. The monoisotopic (exact) mass is 451 g/mol. The van der Waals surface area contributed by atoms with E-state index in [-0.39, 0.29) is 36.2 Å². The molecule has 0 unspecified atom stereocenters. The lowest BCUT2D eigenvalue weighted by Crippen LogP contribution is -2.26. The highest BCUT2D eigenvalue weighted by atomic mass is 19.1. The van der Waals surface area contributed by atoms with Gasteiger partial charge in [-0.2, -0.15) is 4.98 Å². The van der Waals surface area contributed by atoms with Crippen molar-refractivity contribution in [3.05, 3.63) is 65.3 Å². The first-order valence-electron chi connectivity index (χ1n) is 10.5. The first-order chi connectivity index (χ1) is 15.8. The van der Waals surface area contributed by atoms with E-state index in [1.807, 2.05) is 0 Å². The highest BCUT2D eigenvalue weighted by Gasteiger charge is 2.25. The molecule has 8 nitrogen and oxygen atoms in total. The number of aryl methyl sites for hydroxylation is 1. The summed E-state index contributed by atoms with van der Waals surface area (Å²) in [6.45, 7) is 3.62. The minimum atomic E-state index is -0.960. The van der Waals surface area contributed by atoms with Crippen LogP contribution in [-0.4, -0.2) is 40.4 Å². The van der Waals surface area contributed by atoms with Crippen molar-refractivity contribution in [1.29, 1.82) is 0 Å². The zero-order valence-electron chi connectivity index (χ0n) is 18.2. The summed E-state index contributed by atoms with van der Waals surface area (Å²) in [5.41, 5.74) is 2.75. The Morgan fingerprint density at radius 1 is 1.18 bits per heavy atom. The lowest BCUT2D eigenvalue weighted by atomic mass is 10.0. The molecule has 0 bridgehead atoms. The molecule has 2 heterocycles. The van der Waals surface area contributed by atoms with Crippen molar-refractivity contribution in [1.82, 2.24) is 10.1 Å². The molecule has 1 aliphatic heterocycles. The molecular weight excluding hydrogens is 429 g/mol. The first kappa shape index (κ1) is 22.3. The van der Waals surface area contributed by atoms with Gasteiger partial charge in [-0.25, -0.2) is 4.39 Å². The van der Waals surface area contributed by atoms with Gasteiger partial charge in [-0.1, -0.05) is 5.16 Å². The van der Waals surface area contributed by atoms with Gasteiger partial charge in [0.25, 0.3) is 0 Å². The lowest BCUT2D eigenvalue weighted by molar-refractivity contribution is -0.146. The number of nitrogens with zero attached hydrogens (tertiary/aromatic N) is 3. The van der Waals surface area contributed by atoms with Crippen LogP contribution in [0.25, 0.3) is 11.4 Å². The van der Waals surface area contributed by atoms with Gasteiger partial charge in [0, 0.05) is 36.7 Å². The summed E-state index contributed by atoms with van der Waals surface area (Å²) in [4.78, 5) is 42.5. The fourth-order valence-corrected chi connectivity index (χ4v) is 3.71. The Bertz CT molecular complexity index is 1210. The molecule has 9 heteroatoms. The van der Waals surface area contributed by atoms with E-state index < -0.39 is 12.1 Å². The van der Waals surface area contributed by atoms with Crippen molar-refractivity contribution in [2.45, 2.75) is 39.2 Å². The predicted molar refractivity (Wildman–Crippen MR) is 116 cm³/mol. The van der Waals surface area contributed by atoms with Crippen LogP contribution in [0, 0.1) is 5.82 Å². The van der Waals surface area contributed by atoms with Crippen LogP contribution >= 0.6 is 0 Å². The van der Waals surface area contributed by atoms with Gasteiger partial charge in [0.05, 0.1) is 6.42 Å². The van der Waals surface area contributed by atoms with Gasteiger partial charge >= 0.3 is 5.97 Å². The number of fused-ring (bicyclic) bond motifs is 1. The van der Waals surface area contributed by atoms with Crippen LogP contribution in [0.5, 0.6) is 0 Å². The number of amides is 1. The molecular formula is C24H22FN3O5. The summed E-state index contributed by atoms with van der Waals surface area (Å²) in [6, 6.07) is 10.8. The van der Waals surface area contributed by atoms with E-state index in [1.54, 1.807) is 23.1 Å². The van der Waals surface area contributed by atoms with E-state index in [2.05, 4.69) is 10.1 Å². The third-order valence-corrected chi connectivity index (χ3v) is 5.43. The fourth-order valence-electron chi connectivity index (χ4n) is 3.71. The maximum atomic E-state index is 13.0. The molecule has 170 valence electrons. The number of ketones is 1. The number of hydrogen-bond acceptors (Lipinski definition) is 7. The molecule has 1 atom stereocenters. The van der Waals surface area contributed by atoms with Gasteiger partial charge in [0.15, 0.2) is 6.10 Å². The van der Waals surface area contributed by atoms with E-state index in [4.69, 9.17) is 9.26 Å². The second-order valence-corrected chi connectivity index (χ2v) is 7.78. The summed E-state index contributed by atoms with van der Waals surface area (Å²) in [7, 11) is 0. The molecule has 0 fully saturated rings. The summed E-state index contributed by atoms with van der Waals surface area (Å²) in [6.07, 6.45) is -0.180. The fraction of sp³-hybridized carbons (Fsp3) is 0.292. The van der Waals surface area contributed by atoms with Gasteiger partial charge in [0.2, 0.25) is 23.4 Å². The molecule has 1 amide bonds. The number of rotatable bonds is 7. The van der Waals surface area contributed by atoms with Gasteiger partial charge < -0.3 is 14.2 Å². The first-order valence-corrected chi connectivity index (χ1v) is 10.5. The molecule has 0 aliphatic carbocycles. The van der Waals surface area contributed by atoms with Crippen LogP contribution in [0.2, 0.25) is 0 Å². The number of Topliss-reactive ketones (excluding diaryl/α,β-unsaturated/α-hetero) is 1. The second-order valence-electron chi connectivity index (χ2n) is 7.78. The quantitative estimate of drug-likeness (QED) is 0.400. The summed E-state index contributed by atoms with van der Waals surface area (Å²) in [5.74, 6) is -0.765. The molecule has 0 saturated carbocycles. The smallest absolute Gasteiger partial charge is 0.307 e. The molecule has 1 aliphatic rings. The molecule has 0 saturated heterocycles. The average Bonchev–Trinajstić information content (AvgIpc) is 3.44. The van der Waals surface area contributed by atoms with E-state index in [0.717, 1.165) is 11.3 Å². The van der Waals surface area contributed by atoms with Crippen molar-refractivity contribution in [3.63, 3.8) is 0 Å². The predicted octanol–water partition coefficient (Wildman–Crippen LogP) is 3.53. The number of carbonyl (C=O) groups is 3. The number of halogens is 1. The van der Waals surface area contributed by atoms with Crippen molar-refractivity contribution in [2.75, 3.05) is 11.4 Å². The third-order valence-electron chi connectivity index (χ3n) is 5.43. The molecule has 1 aromatic heterocycles. The Balaban J connectivity index is 1.31. The molecule has 0 radical (unpaired) electrons. The molecule has 2 aromatic carbocycles. The number of ether oxygens (including phenoxy) is 1. The maximum absolute atomic E-state index is 13.0. The minimum absolute atomic E-state index is 0.0406. The second kappa shape index (κ2) is 9.32. The van der Waals surface area contributed by atoms with E-state index in [0.29, 0.717) is 29.9 Å². The van der Waals surface area contributed by atoms with Crippen LogP contribution in [0.15, 0.2) is 47.0 Å². The summed E-state index contributed by atoms with van der Waals surface area (Å²) >= 11 is 0. The number of benzene rings is 2. The Morgan fingerprint density at radius 2 is 1.94 bits per heavy atom. The Morgan fingerprint density at radius 3 is 2.67 bits per heavy atom. The molecule has 0 spiro atoms. The summed E-state index contributed by atoms with van der Waals surface area (Å²) < 4.78 is 23.5. The summed E-state index contributed by atoms with van der Waals surface area (Å²) in [5, 5.41) is 3.83. The van der Waals surface area contributed by atoms with Crippen LogP contribution in [-0.2, 0) is 27.2 Å². The third kappa shape index (κ3) is 4.97. The largest absolute Gasteiger partial charge is 0.454 e. The normalized spacial score (nSPS) is 13.5. The van der Waals surface area contributed by atoms with E-state index >= 15 is 0 Å². The SMILES string of the molecule is CC(=O)N1CCc2cc(C(=O)[C@@H](C)OC(=O)CCc3nc(-c4ccc(F)cc4)no3)ccc21. The molecule has 4 rings (SSSR count). The van der Waals surface area contributed by atoms with Crippen molar-refractivity contribution in [3.8, 4) is 11.4 Å². The topological polar surface area (TPSA) is 103 Å². The zero-order valence-corrected chi connectivity index (χ0v) is 18.2. The molecule has 0 N–H and O–H groups in total. The molecule has 33 heavy (non-hydrogen) atoms. The van der Waals surface area contributed by atoms with Crippen molar-refractivity contribution in [2.24, 2.45) is 0 Å². The van der Waals surface area contributed by atoms with Crippen LogP contribution < -0.4 is 4.90 Å². The maximum Gasteiger partial charge on any atom is 0.307 e. The Hall–Kier alpha value is -3.88. The molecule has 3 aromatic rings. The number of anilines is 1.